The highest BCUT2D eigenvalue weighted by atomic mass is 35.5. The third-order valence-corrected chi connectivity index (χ3v) is 3.38. The number of aryl methyl sites for hydroxylation is 2. The summed E-state index contributed by atoms with van der Waals surface area (Å²) in [5.74, 6) is 0.914. The number of nitrogens with one attached hydrogen (secondary N) is 1. The van der Waals surface area contributed by atoms with Gasteiger partial charge in [0.05, 0.1) is 12.3 Å². The minimum Gasteiger partial charge on any atom is -0.467 e. The van der Waals surface area contributed by atoms with Crippen molar-refractivity contribution in [3.63, 3.8) is 0 Å². The maximum Gasteiger partial charge on any atom is 0.125 e. The van der Waals surface area contributed by atoms with E-state index in [1.54, 1.807) is 6.26 Å². The van der Waals surface area contributed by atoms with E-state index in [1.807, 2.05) is 32.2 Å². The fourth-order valence-corrected chi connectivity index (χ4v) is 2.24. The first kappa shape index (κ1) is 12.2. The fraction of sp³-hybridized carbons (Fsp3) is 0.286. The van der Waals surface area contributed by atoms with E-state index in [1.165, 1.54) is 5.56 Å². The lowest BCUT2D eigenvalue weighted by molar-refractivity contribution is 0.462. The van der Waals surface area contributed by atoms with Crippen LogP contribution < -0.4 is 5.32 Å². The van der Waals surface area contributed by atoms with Crippen LogP contribution in [0.2, 0.25) is 5.02 Å². The van der Waals surface area contributed by atoms with Crippen LogP contribution in [0.1, 0.15) is 28.5 Å². The van der Waals surface area contributed by atoms with Crippen molar-refractivity contribution in [2.24, 2.45) is 0 Å². The molecule has 3 heteroatoms. The average Bonchev–Trinajstić information content (AvgIpc) is 2.80. The standard InChI is InChI=1S/C14H16ClNO/c1-9-8-12(15)10(2)7-11(9)14(16-3)13-5-4-6-17-13/h4-8,14,16H,1-3H3. The van der Waals surface area contributed by atoms with Gasteiger partial charge in [0.25, 0.3) is 0 Å². The maximum absolute atomic E-state index is 6.11. The van der Waals surface area contributed by atoms with E-state index in [0.29, 0.717) is 0 Å². The number of halogens is 1. The fourth-order valence-electron chi connectivity index (χ4n) is 2.02. The molecule has 0 aliphatic rings. The molecule has 0 radical (unpaired) electrons. The van der Waals surface area contributed by atoms with Crippen molar-refractivity contribution < 1.29 is 4.42 Å². The summed E-state index contributed by atoms with van der Waals surface area (Å²) in [6.45, 7) is 4.08. The molecule has 0 amide bonds. The summed E-state index contributed by atoms with van der Waals surface area (Å²) < 4.78 is 5.47. The van der Waals surface area contributed by atoms with Gasteiger partial charge in [0.2, 0.25) is 0 Å². The molecule has 2 rings (SSSR count). The van der Waals surface area contributed by atoms with E-state index in [0.717, 1.165) is 21.9 Å². The third-order valence-electron chi connectivity index (χ3n) is 2.97. The van der Waals surface area contributed by atoms with Crippen molar-refractivity contribution in [2.75, 3.05) is 7.05 Å². The number of benzene rings is 1. The largest absolute Gasteiger partial charge is 0.467 e. The van der Waals surface area contributed by atoms with Crippen LogP contribution in [0.3, 0.4) is 0 Å². The molecule has 0 bridgehead atoms. The predicted molar refractivity (Wildman–Crippen MR) is 70.5 cm³/mol. The van der Waals surface area contributed by atoms with Crippen molar-refractivity contribution in [3.8, 4) is 0 Å². The lowest BCUT2D eigenvalue weighted by atomic mass is 9.97. The third kappa shape index (κ3) is 2.38. The number of hydrogen-bond donors (Lipinski definition) is 1. The van der Waals surface area contributed by atoms with Crippen molar-refractivity contribution in [3.05, 3.63) is 58.0 Å². The molecular weight excluding hydrogens is 234 g/mol. The first-order valence-corrected chi connectivity index (χ1v) is 5.98. The Morgan fingerprint density at radius 1 is 1.24 bits per heavy atom. The SMILES string of the molecule is CNC(c1ccco1)c1cc(C)c(Cl)cc1C. The Morgan fingerprint density at radius 3 is 2.59 bits per heavy atom. The molecule has 0 spiro atoms. The van der Waals surface area contributed by atoms with Gasteiger partial charge in [-0.1, -0.05) is 17.7 Å². The maximum atomic E-state index is 6.11. The summed E-state index contributed by atoms with van der Waals surface area (Å²) in [6, 6.07) is 8.06. The van der Waals surface area contributed by atoms with Gasteiger partial charge >= 0.3 is 0 Å². The predicted octanol–water partition coefficient (Wildman–Crippen LogP) is 3.86. The summed E-state index contributed by atoms with van der Waals surface area (Å²) >= 11 is 6.11. The van der Waals surface area contributed by atoms with Crippen molar-refractivity contribution >= 4 is 11.6 Å². The normalized spacial score (nSPS) is 12.7. The highest BCUT2D eigenvalue weighted by Crippen LogP contribution is 2.29. The molecule has 2 nitrogen and oxygen atoms in total. The Balaban J connectivity index is 2.48. The number of hydrogen-bond acceptors (Lipinski definition) is 2. The number of rotatable bonds is 3. The van der Waals surface area contributed by atoms with E-state index in [-0.39, 0.29) is 6.04 Å². The van der Waals surface area contributed by atoms with E-state index in [9.17, 15) is 0 Å². The highest BCUT2D eigenvalue weighted by Gasteiger charge is 2.17. The molecule has 90 valence electrons. The van der Waals surface area contributed by atoms with Crippen LogP contribution in [0, 0.1) is 13.8 Å². The summed E-state index contributed by atoms with van der Waals surface area (Å²) in [6.07, 6.45) is 1.69. The van der Waals surface area contributed by atoms with Gasteiger partial charge in [-0.15, -0.1) is 0 Å². The van der Waals surface area contributed by atoms with E-state index >= 15 is 0 Å². The van der Waals surface area contributed by atoms with Gasteiger partial charge in [0.1, 0.15) is 5.76 Å². The Labute approximate surface area is 107 Å². The summed E-state index contributed by atoms with van der Waals surface area (Å²) in [5, 5.41) is 4.08. The Bertz CT molecular complexity index is 505. The number of furan rings is 1. The molecule has 1 aromatic carbocycles. The Kier molecular flexibility index (Phi) is 3.55. The van der Waals surface area contributed by atoms with Crippen LogP contribution in [-0.2, 0) is 0 Å². The minimum absolute atomic E-state index is 0.0703. The van der Waals surface area contributed by atoms with Crippen LogP contribution >= 0.6 is 11.6 Å². The zero-order valence-electron chi connectivity index (χ0n) is 10.3. The molecule has 0 saturated heterocycles. The van der Waals surface area contributed by atoms with Crippen LogP contribution in [0.25, 0.3) is 0 Å². The lowest BCUT2D eigenvalue weighted by Gasteiger charge is -2.18. The quantitative estimate of drug-likeness (QED) is 0.894. The van der Waals surface area contributed by atoms with Gasteiger partial charge < -0.3 is 9.73 Å². The first-order valence-electron chi connectivity index (χ1n) is 5.60. The average molecular weight is 250 g/mol. The summed E-state index contributed by atoms with van der Waals surface area (Å²) in [4.78, 5) is 0. The molecule has 17 heavy (non-hydrogen) atoms. The molecule has 0 fully saturated rings. The topological polar surface area (TPSA) is 25.2 Å². The summed E-state index contributed by atoms with van der Waals surface area (Å²) in [7, 11) is 1.93. The van der Waals surface area contributed by atoms with E-state index in [4.69, 9.17) is 16.0 Å². The molecule has 2 aromatic rings. The Morgan fingerprint density at radius 2 is 2.00 bits per heavy atom. The monoisotopic (exact) mass is 249 g/mol. The molecule has 0 aliphatic carbocycles. The van der Waals surface area contributed by atoms with Crippen LogP contribution in [-0.4, -0.2) is 7.05 Å². The lowest BCUT2D eigenvalue weighted by Crippen LogP contribution is -2.18. The molecule has 0 aliphatic heterocycles. The van der Waals surface area contributed by atoms with Gasteiger partial charge in [-0.3, -0.25) is 0 Å². The molecule has 1 heterocycles. The molecular formula is C14H16ClNO. The zero-order chi connectivity index (χ0) is 12.4. The van der Waals surface area contributed by atoms with Gasteiger partial charge in [0.15, 0.2) is 0 Å². The van der Waals surface area contributed by atoms with Crippen molar-refractivity contribution in [1.29, 1.82) is 0 Å². The van der Waals surface area contributed by atoms with E-state index < -0.39 is 0 Å². The second-order valence-corrected chi connectivity index (χ2v) is 4.60. The molecule has 1 aromatic heterocycles. The molecule has 1 atom stereocenters. The van der Waals surface area contributed by atoms with Gasteiger partial charge in [-0.2, -0.15) is 0 Å². The van der Waals surface area contributed by atoms with Crippen LogP contribution in [0.4, 0.5) is 0 Å². The van der Waals surface area contributed by atoms with Gasteiger partial charge in [-0.25, -0.2) is 0 Å². The Hall–Kier alpha value is -1.25. The van der Waals surface area contributed by atoms with Crippen LogP contribution in [0.5, 0.6) is 0 Å². The van der Waals surface area contributed by atoms with Gasteiger partial charge in [0, 0.05) is 5.02 Å². The van der Waals surface area contributed by atoms with Gasteiger partial charge in [-0.05, 0) is 55.8 Å². The highest BCUT2D eigenvalue weighted by molar-refractivity contribution is 6.31. The molecule has 0 saturated carbocycles. The van der Waals surface area contributed by atoms with Crippen molar-refractivity contribution in [2.45, 2.75) is 19.9 Å². The van der Waals surface area contributed by atoms with Crippen LogP contribution in [0.15, 0.2) is 34.9 Å². The van der Waals surface area contributed by atoms with Crippen molar-refractivity contribution in [1.82, 2.24) is 5.32 Å². The zero-order valence-corrected chi connectivity index (χ0v) is 11.0. The van der Waals surface area contributed by atoms with E-state index in [2.05, 4.69) is 18.3 Å². The molecule has 1 N–H and O–H groups in total. The summed E-state index contributed by atoms with van der Waals surface area (Å²) in [5.41, 5.74) is 3.44. The second-order valence-electron chi connectivity index (χ2n) is 4.20. The smallest absolute Gasteiger partial charge is 0.125 e. The first-order chi connectivity index (χ1) is 8.13. The minimum atomic E-state index is 0.0703. The second kappa shape index (κ2) is 4.94. The molecule has 1 unspecified atom stereocenters.